The van der Waals surface area contributed by atoms with Gasteiger partial charge in [-0.3, -0.25) is 0 Å². The summed E-state index contributed by atoms with van der Waals surface area (Å²) in [5, 5.41) is 12.4. The second-order valence-corrected chi connectivity index (χ2v) is 16.2. The Hall–Kier alpha value is -8.20. The van der Waals surface area contributed by atoms with E-state index in [1.807, 2.05) is 18.2 Å². The number of rotatable bonds is 6. The molecule has 0 aliphatic heterocycles. The average molecular weight is 787 g/mol. The van der Waals surface area contributed by atoms with Gasteiger partial charge in [0.15, 0.2) is 5.82 Å². The minimum atomic E-state index is 0.706. The molecule has 288 valence electrons. The van der Waals surface area contributed by atoms with E-state index in [1.165, 1.54) is 76.3 Å². The molecule has 2 nitrogen and oxygen atoms in total. The van der Waals surface area contributed by atoms with Crippen molar-refractivity contribution < 1.29 is 0 Å². The number of benzene rings is 11. The Morgan fingerprint density at radius 1 is 0.210 bits per heavy atom. The van der Waals surface area contributed by atoms with Crippen molar-refractivity contribution in [3.63, 3.8) is 0 Å². The van der Waals surface area contributed by atoms with Gasteiger partial charge in [0.05, 0.1) is 11.4 Å². The Labute approximate surface area is 360 Å². The quantitative estimate of drug-likeness (QED) is 0.124. The summed E-state index contributed by atoms with van der Waals surface area (Å²) in [6.45, 7) is 0. The molecule has 0 fully saturated rings. The van der Waals surface area contributed by atoms with E-state index in [9.17, 15) is 0 Å². The highest BCUT2D eigenvalue weighted by Crippen LogP contribution is 2.40. The van der Waals surface area contributed by atoms with E-state index in [1.54, 1.807) is 0 Å². The molecule has 0 radical (unpaired) electrons. The van der Waals surface area contributed by atoms with Crippen molar-refractivity contribution in [1.29, 1.82) is 0 Å². The first-order valence-corrected chi connectivity index (χ1v) is 21.2. The lowest BCUT2D eigenvalue weighted by Gasteiger charge is -2.15. The van der Waals surface area contributed by atoms with Crippen LogP contribution < -0.4 is 0 Å². The summed E-state index contributed by atoms with van der Waals surface area (Å²) < 4.78 is 0. The number of aromatic nitrogens is 2. The maximum Gasteiger partial charge on any atom is 0.160 e. The molecular weight excluding hydrogens is 749 g/mol. The summed E-state index contributed by atoms with van der Waals surface area (Å²) in [6.07, 6.45) is 0. The second-order valence-electron chi connectivity index (χ2n) is 16.2. The van der Waals surface area contributed by atoms with Gasteiger partial charge in [-0.15, -0.1) is 0 Å². The molecule has 0 atom stereocenters. The van der Waals surface area contributed by atoms with Crippen LogP contribution in [0.5, 0.6) is 0 Å². The lowest BCUT2D eigenvalue weighted by Crippen LogP contribution is -1.96. The van der Waals surface area contributed by atoms with E-state index in [2.05, 4.69) is 212 Å². The standard InChI is InChI=1S/C60H38N2/c1-2-13-43(14-3-1)60-61-57(51-18-10-17-45(35-51)47-26-23-39-11-4-5-15-44(39)33-47)38-58(62-60)52-30-29-48-34-46(27-28-49(48)36-52)40-21-24-42(25-22-40)59-54-20-9-7-16-50(54)37-56-53-19-8-6-12-41(53)31-32-55(56)59/h1-38H. The van der Waals surface area contributed by atoms with Crippen LogP contribution in [0.2, 0.25) is 0 Å². The number of fused-ring (bicyclic) bond motifs is 6. The third-order valence-electron chi connectivity index (χ3n) is 12.4. The van der Waals surface area contributed by atoms with Crippen LogP contribution in [0.1, 0.15) is 0 Å². The van der Waals surface area contributed by atoms with Gasteiger partial charge in [-0.05, 0) is 124 Å². The average Bonchev–Trinajstić information content (AvgIpc) is 3.35. The van der Waals surface area contributed by atoms with Crippen LogP contribution in [0.15, 0.2) is 231 Å². The van der Waals surface area contributed by atoms with Crippen molar-refractivity contribution in [3.8, 4) is 67.3 Å². The Balaban J connectivity index is 0.897. The highest BCUT2D eigenvalue weighted by molar-refractivity contribution is 6.20. The van der Waals surface area contributed by atoms with Crippen molar-refractivity contribution in [1.82, 2.24) is 9.97 Å². The molecule has 62 heavy (non-hydrogen) atoms. The van der Waals surface area contributed by atoms with Crippen LogP contribution >= 0.6 is 0 Å². The summed E-state index contributed by atoms with van der Waals surface area (Å²) in [7, 11) is 0. The second kappa shape index (κ2) is 14.8. The molecule has 0 bridgehead atoms. The number of hydrogen-bond acceptors (Lipinski definition) is 2. The Morgan fingerprint density at radius 3 is 1.47 bits per heavy atom. The molecule has 0 aliphatic rings. The van der Waals surface area contributed by atoms with Gasteiger partial charge in [0.1, 0.15) is 0 Å². The van der Waals surface area contributed by atoms with E-state index in [4.69, 9.17) is 9.97 Å². The zero-order chi connectivity index (χ0) is 41.0. The van der Waals surface area contributed by atoms with E-state index in [0.29, 0.717) is 5.82 Å². The van der Waals surface area contributed by atoms with Crippen LogP contribution in [-0.4, -0.2) is 9.97 Å². The lowest BCUT2D eigenvalue weighted by atomic mass is 9.89. The monoisotopic (exact) mass is 786 g/mol. The third-order valence-corrected chi connectivity index (χ3v) is 12.4. The summed E-state index contributed by atoms with van der Waals surface area (Å²) in [5.41, 5.74) is 12.1. The van der Waals surface area contributed by atoms with Crippen LogP contribution in [-0.2, 0) is 0 Å². The van der Waals surface area contributed by atoms with Gasteiger partial charge in [0.2, 0.25) is 0 Å². The topological polar surface area (TPSA) is 25.8 Å². The lowest BCUT2D eigenvalue weighted by molar-refractivity contribution is 1.18. The summed E-state index contributed by atoms with van der Waals surface area (Å²) in [5.74, 6) is 0.706. The van der Waals surface area contributed by atoms with E-state index >= 15 is 0 Å². The minimum Gasteiger partial charge on any atom is -0.228 e. The predicted octanol–water partition coefficient (Wildman–Crippen LogP) is 16.2. The molecule has 12 aromatic rings. The first-order valence-electron chi connectivity index (χ1n) is 21.2. The van der Waals surface area contributed by atoms with Gasteiger partial charge >= 0.3 is 0 Å². The molecule has 11 aromatic carbocycles. The molecule has 0 amide bonds. The van der Waals surface area contributed by atoms with Crippen molar-refractivity contribution in [2.45, 2.75) is 0 Å². The maximum atomic E-state index is 5.16. The van der Waals surface area contributed by atoms with Crippen LogP contribution in [0.3, 0.4) is 0 Å². The zero-order valence-electron chi connectivity index (χ0n) is 33.8. The smallest absolute Gasteiger partial charge is 0.160 e. The van der Waals surface area contributed by atoms with Crippen LogP contribution in [0, 0.1) is 0 Å². The van der Waals surface area contributed by atoms with Gasteiger partial charge in [0, 0.05) is 16.7 Å². The first-order chi connectivity index (χ1) is 30.7. The van der Waals surface area contributed by atoms with E-state index in [0.717, 1.165) is 39.0 Å². The van der Waals surface area contributed by atoms with Crippen LogP contribution in [0.4, 0.5) is 0 Å². The molecule has 0 spiro atoms. The fourth-order valence-electron chi connectivity index (χ4n) is 9.23. The molecular formula is C60H38N2. The first kappa shape index (κ1) is 35.7. The van der Waals surface area contributed by atoms with Gasteiger partial charge in [-0.2, -0.15) is 0 Å². The Kier molecular flexibility index (Phi) is 8.53. The van der Waals surface area contributed by atoms with E-state index < -0.39 is 0 Å². The van der Waals surface area contributed by atoms with Crippen molar-refractivity contribution in [2.24, 2.45) is 0 Å². The largest absolute Gasteiger partial charge is 0.228 e. The molecule has 12 rings (SSSR count). The summed E-state index contributed by atoms with van der Waals surface area (Å²) >= 11 is 0. The van der Waals surface area contributed by atoms with Gasteiger partial charge in [-0.25, -0.2) is 9.97 Å². The van der Waals surface area contributed by atoms with E-state index in [-0.39, 0.29) is 0 Å². The minimum absolute atomic E-state index is 0.706. The summed E-state index contributed by atoms with van der Waals surface area (Å²) in [6, 6.07) is 83.1. The number of hydrogen-bond donors (Lipinski definition) is 0. The fourth-order valence-corrected chi connectivity index (χ4v) is 9.23. The highest BCUT2D eigenvalue weighted by atomic mass is 14.9. The highest BCUT2D eigenvalue weighted by Gasteiger charge is 2.15. The van der Waals surface area contributed by atoms with Gasteiger partial charge in [-0.1, -0.05) is 194 Å². The number of nitrogens with zero attached hydrogens (tertiary/aromatic N) is 2. The van der Waals surface area contributed by atoms with Crippen molar-refractivity contribution in [3.05, 3.63) is 231 Å². The zero-order valence-corrected chi connectivity index (χ0v) is 33.8. The molecule has 1 heterocycles. The maximum absolute atomic E-state index is 5.16. The van der Waals surface area contributed by atoms with Crippen molar-refractivity contribution in [2.75, 3.05) is 0 Å². The molecule has 2 heteroatoms. The predicted molar refractivity (Wildman–Crippen MR) is 262 cm³/mol. The molecule has 1 aromatic heterocycles. The fraction of sp³-hybridized carbons (Fsp3) is 0. The molecule has 0 saturated carbocycles. The Bertz CT molecular complexity index is 3680. The van der Waals surface area contributed by atoms with Crippen molar-refractivity contribution >= 4 is 53.9 Å². The van der Waals surface area contributed by atoms with Crippen LogP contribution in [0.25, 0.3) is 121 Å². The van der Waals surface area contributed by atoms with Gasteiger partial charge in [0.25, 0.3) is 0 Å². The third kappa shape index (κ3) is 6.38. The molecule has 0 aliphatic carbocycles. The SMILES string of the molecule is c1ccc(-c2nc(-c3cccc(-c4ccc5ccccc5c4)c3)cc(-c3ccc4cc(-c5ccc(-c6c7ccccc7cc7c6ccc6ccccc67)cc5)ccc4c3)n2)cc1. The molecule has 0 saturated heterocycles. The molecule has 0 N–H and O–H groups in total. The Morgan fingerprint density at radius 2 is 0.694 bits per heavy atom. The normalized spacial score (nSPS) is 11.5. The van der Waals surface area contributed by atoms with Gasteiger partial charge < -0.3 is 0 Å². The summed E-state index contributed by atoms with van der Waals surface area (Å²) in [4.78, 5) is 10.3. The molecule has 0 unspecified atom stereocenters.